The summed E-state index contributed by atoms with van der Waals surface area (Å²) in [5, 5.41) is 8.82. The minimum absolute atomic E-state index is 0. The number of thiophene rings is 1. The highest BCUT2D eigenvalue weighted by Crippen LogP contribution is 2.19. The minimum atomic E-state index is 0. The molecule has 2 heterocycles. The molecule has 2 rings (SSSR count). The molecule has 1 atom stereocenters. The van der Waals surface area contributed by atoms with Crippen LogP contribution in [0, 0.1) is 0 Å². The molecule has 0 aliphatic heterocycles. The van der Waals surface area contributed by atoms with E-state index in [2.05, 4.69) is 52.0 Å². The van der Waals surface area contributed by atoms with Gasteiger partial charge in [-0.3, -0.25) is 0 Å². The van der Waals surface area contributed by atoms with Crippen LogP contribution in [-0.2, 0) is 6.54 Å². The van der Waals surface area contributed by atoms with Gasteiger partial charge in [-0.15, -0.1) is 35.3 Å². The van der Waals surface area contributed by atoms with E-state index in [1.807, 2.05) is 32.2 Å². The highest BCUT2D eigenvalue weighted by atomic mass is 127. The largest absolute Gasteiger partial charge is 0.475 e. The van der Waals surface area contributed by atoms with Crippen molar-refractivity contribution in [1.82, 2.24) is 15.6 Å². The van der Waals surface area contributed by atoms with Gasteiger partial charge >= 0.3 is 0 Å². The van der Waals surface area contributed by atoms with E-state index in [-0.39, 0.29) is 30.1 Å². The lowest BCUT2D eigenvalue weighted by molar-refractivity contribution is 0.232. The Kier molecular flexibility index (Phi) is 10.6. The van der Waals surface area contributed by atoms with E-state index in [9.17, 15) is 0 Å². The molecule has 0 radical (unpaired) electrons. The Bertz CT molecular complexity index is 644. The molecular weight excluding hydrogens is 459 g/mol. The average Bonchev–Trinajstić information content (AvgIpc) is 3.12. The van der Waals surface area contributed by atoms with Crippen molar-refractivity contribution in [3.05, 3.63) is 46.3 Å². The third-order valence-corrected chi connectivity index (χ3v) is 4.63. The second kappa shape index (κ2) is 12.1. The lowest BCUT2D eigenvalue weighted by atomic mass is 10.1. The predicted molar refractivity (Wildman–Crippen MR) is 121 cm³/mol. The molecule has 144 valence electrons. The van der Waals surface area contributed by atoms with Gasteiger partial charge in [0.25, 0.3) is 0 Å². The Morgan fingerprint density at radius 1 is 1.23 bits per heavy atom. The maximum atomic E-state index is 5.56. The SMILES string of the molecule is CCNC(=NCc1ccc(OC(C)C)nc1)NCC(C)c1cccs1.I. The average molecular weight is 488 g/mol. The third-order valence-electron chi connectivity index (χ3n) is 3.52. The fourth-order valence-electron chi connectivity index (χ4n) is 2.25. The quantitative estimate of drug-likeness (QED) is 0.329. The zero-order valence-corrected chi connectivity index (χ0v) is 19.0. The van der Waals surface area contributed by atoms with Crippen molar-refractivity contribution in [3.63, 3.8) is 0 Å². The molecule has 0 aliphatic rings. The van der Waals surface area contributed by atoms with Crippen molar-refractivity contribution < 1.29 is 4.74 Å². The van der Waals surface area contributed by atoms with E-state index in [4.69, 9.17) is 4.74 Å². The van der Waals surface area contributed by atoms with Crippen molar-refractivity contribution in [1.29, 1.82) is 0 Å². The summed E-state index contributed by atoms with van der Waals surface area (Å²) in [4.78, 5) is 10.3. The lowest BCUT2D eigenvalue weighted by Crippen LogP contribution is -2.39. The van der Waals surface area contributed by atoms with Crippen LogP contribution in [0.15, 0.2) is 40.8 Å². The van der Waals surface area contributed by atoms with E-state index < -0.39 is 0 Å². The number of guanidine groups is 1. The minimum Gasteiger partial charge on any atom is -0.475 e. The van der Waals surface area contributed by atoms with Crippen LogP contribution in [0.25, 0.3) is 0 Å². The molecule has 2 aromatic heterocycles. The van der Waals surface area contributed by atoms with Crippen LogP contribution >= 0.6 is 35.3 Å². The van der Waals surface area contributed by atoms with Crippen LogP contribution in [0.4, 0.5) is 0 Å². The van der Waals surface area contributed by atoms with E-state index in [0.29, 0.717) is 18.3 Å². The topological polar surface area (TPSA) is 58.5 Å². The monoisotopic (exact) mass is 488 g/mol. The number of nitrogens with one attached hydrogen (secondary N) is 2. The fraction of sp³-hybridized carbons (Fsp3) is 0.474. The number of rotatable bonds is 8. The summed E-state index contributed by atoms with van der Waals surface area (Å²) >= 11 is 1.79. The second-order valence-electron chi connectivity index (χ2n) is 6.16. The molecule has 1 unspecified atom stereocenters. The molecule has 2 aromatic rings. The molecule has 0 bridgehead atoms. The van der Waals surface area contributed by atoms with Gasteiger partial charge in [-0.2, -0.15) is 0 Å². The molecule has 26 heavy (non-hydrogen) atoms. The van der Waals surface area contributed by atoms with E-state index in [0.717, 1.165) is 24.6 Å². The summed E-state index contributed by atoms with van der Waals surface area (Å²) in [6.45, 7) is 10.5. The van der Waals surface area contributed by atoms with E-state index >= 15 is 0 Å². The summed E-state index contributed by atoms with van der Waals surface area (Å²) in [7, 11) is 0. The summed E-state index contributed by atoms with van der Waals surface area (Å²) < 4.78 is 5.56. The number of pyridine rings is 1. The van der Waals surface area contributed by atoms with Crippen molar-refractivity contribution in [2.24, 2.45) is 4.99 Å². The van der Waals surface area contributed by atoms with Crippen LogP contribution in [0.2, 0.25) is 0 Å². The standard InChI is InChI=1S/C19H28N4OS.HI/c1-5-20-19(22-11-15(4)17-7-6-10-25-17)23-13-16-8-9-18(21-12-16)24-14(2)3;/h6-10,12,14-15H,5,11,13H2,1-4H3,(H2,20,22,23);1H. The molecule has 0 spiro atoms. The molecule has 0 aromatic carbocycles. The summed E-state index contributed by atoms with van der Waals surface area (Å²) in [5.74, 6) is 1.93. The molecule has 0 fully saturated rings. The smallest absolute Gasteiger partial charge is 0.213 e. The van der Waals surface area contributed by atoms with Gasteiger partial charge in [0.2, 0.25) is 5.88 Å². The molecule has 0 aliphatic carbocycles. The number of aliphatic imine (C=N–C) groups is 1. The Morgan fingerprint density at radius 2 is 2.04 bits per heavy atom. The molecule has 0 saturated carbocycles. The highest BCUT2D eigenvalue weighted by molar-refractivity contribution is 14.0. The molecule has 2 N–H and O–H groups in total. The van der Waals surface area contributed by atoms with Crippen LogP contribution in [0.3, 0.4) is 0 Å². The van der Waals surface area contributed by atoms with Gasteiger partial charge in [-0.05, 0) is 37.8 Å². The van der Waals surface area contributed by atoms with Crippen molar-refractivity contribution in [2.45, 2.75) is 46.3 Å². The van der Waals surface area contributed by atoms with Gasteiger partial charge in [-0.1, -0.05) is 19.1 Å². The van der Waals surface area contributed by atoms with Gasteiger partial charge in [0.05, 0.1) is 12.6 Å². The van der Waals surface area contributed by atoms with Crippen molar-refractivity contribution >= 4 is 41.3 Å². The number of ether oxygens (including phenoxy) is 1. The zero-order chi connectivity index (χ0) is 18.1. The van der Waals surface area contributed by atoms with E-state index in [1.54, 1.807) is 11.3 Å². The molecule has 5 nitrogen and oxygen atoms in total. The fourth-order valence-corrected chi connectivity index (χ4v) is 3.04. The summed E-state index contributed by atoms with van der Waals surface area (Å²) in [6.07, 6.45) is 1.95. The Balaban J connectivity index is 0.00000338. The maximum absolute atomic E-state index is 5.56. The van der Waals surface area contributed by atoms with Crippen LogP contribution in [-0.4, -0.2) is 30.1 Å². The summed E-state index contributed by atoms with van der Waals surface area (Å²) in [6, 6.07) is 8.17. The Hall–Kier alpha value is -1.35. The van der Waals surface area contributed by atoms with Gasteiger partial charge in [0, 0.05) is 36.1 Å². The molecular formula is C19H29IN4OS. The zero-order valence-electron chi connectivity index (χ0n) is 15.9. The maximum Gasteiger partial charge on any atom is 0.213 e. The second-order valence-corrected chi connectivity index (χ2v) is 7.14. The Morgan fingerprint density at radius 3 is 2.62 bits per heavy atom. The van der Waals surface area contributed by atoms with Gasteiger partial charge in [-0.25, -0.2) is 9.98 Å². The first-order valence-electron chi connectivity index (χ1n) is 8.75. The third kappa shape index (κ3) is 7.90. The van der Waals surface area contributed by atoms with Crippen LogP contribution < -0.4 is 15.4 Å². The number of nitrogens with zero attached hydrogens (tertiary/aromatic N) is 2. The molecule has 7 heteroatoms. The predicted octanol–water partition coefficient (Wildman–Crippen LogP) is 4.41. The number of hydrogen-bond donors (Lipinski definition) is 2. The lowest BCUT2D eigenvalue weighted by Gasteiger charge is -2.15. The van der Waals surface area contributed by atoms with Gasteiger partial charge in [0.15, 0.2) is 5.96 Å². The van der Waals surface area contributed by atoms with Gasteiger partial charge in [0.1, 0.15) is 0 Å². The highest BCUT2D eigenvalue weighted by Gasteiger charge is 2.07. The van der Waals surface area contributed by atoms with Crippen molar-refractivity contribution in [3.8, 4) is 5.88 Å². The molecule has 0 amide bonds. The first kappa shape index (κ1) is 22.7. The number of hydrogen-bond acceptors (Lipinski definition) is 4. The van der Waals surface area contributed by atoms with Crippen molar-refractivity contribution in [2.75, 3.05) is 13.1 Å². The molecule has 0 saturated heterocycles. The van der Waals surface area contributed by atoms with E-state index in [1.165, 1.54) is 4.88 Å². The number of aromatic nitrogens is 1. The van der Waals surface area contributed by atoms with Gasteiger partial charge < -0.3 is 15.4 Å². The first-order valence-corrected chi connectivity index (χ1v) is 9.63. The Labute approximate surface area is 177 Å². The van der Waals surface area contributed by atoms with Crippen LogP contribution in [0.5, 0.6) is 5.88 Å². The van der Waals surface area contributed by atoms with Crippen LogP contribution in [0.1, 0.15) is 44.1 Å². The summed E-state index contributed by atoms with van der Waals surface area (Å²) in [5.41, 5.74) is 1.06. The first-order chi connectivity index (χ1) is 12.1. The normalized spacial score (nSPS) is 12.4. The number of halogens is 1.